The molecule has 0 amide bonds. The molecule has 0 fully saturated rings. The first-order valence-electron chi connectivity index (χ1n) is 8.95. The van der Waals surface area contributed by atoms with Gasteiger partial charge in [0.15, 0.2) is 5.65 Å². The van der Waals surface area contributed by atoms with Crippen molar-refractivity contribution in [2.45, 2.75) is 11.8 Å². The molecule has 0 radical (unpaired) electrons. The molecule has 0 unspecified atom stereocenters. The number of nitrogens with zero attached hydrogens (tertiary/aromatic N) is 3. The maximum atomic E-state index is 11.5. The summed E-state index contributed by atoms with van der Waals surface area (Å²) in [7, 11) is -6.90. The summed E-state index contributed by atoms with van der Waals surface area (Å²) in [6.07, 6.45) is 2.66. The largest absolute Gasteiger partial charge is 0.277 e. The van der Waals surface area contributed by atoms with Gasteiger partial charge in [-0.15, -0.1) is 0 Å². The van der Waals surface area contributed by atoms with Crippen LogP contribution in [0, 0.1) is 6.92 Å². The molecule has 0 saturated heterocycles. The third-order valence-corrected chi connectivity index (χ3v) is 5.08. The molecule has 0 aliphatic rings. The Morgan fingerprint density at radius 2 is 1.45 bits per heavy atom. The first-order chi connectivity index (χ1) is 14.4. The summed E-state index contributed by atoms with van der Waals surface area (Å²) in [5.74, 6) is 0.684. The summed E-state index contributed by atoms with van der Waals surface area (Å²) in [6, 6.07) is 18.2. The number of primary sulfonamides is 2. The smallest absolute Gasteiger partial charge is 0.238 e. The van der Waals surface area contributed by atoms with Gasteiger partial charge < -0.3 is 0 Å². The molecular formula is C20H21N5O4S2. The highest BCUT2D eigenvalue weighted by molar-refractivity contribution is 7.89. The van der Waals surface area contributed by atoms with E-state index in [9.17, 15) is 16.8 Å². The standard InChI is InChI=1S/C19H16N4O2S.CH5NO2S/c1-13-4-8-15(9-5-13)23-18(22-17-3-2-12-21-19(17)23)14-6-10-16(11-7-14)26(20,24)25;1-5(2,3)4/h2-12H,1H3,(H2,20,24,25);1H3,(H2,2,3,4). The van der Waals surface area contributed by atoms with Crippen LogP contribution in [-0.4, -0.2) is 37.6 Å². The van der Waals surface area contributed by atoms with Crippen LogP contribution in [0.3, 0.4) is 0 Å². The molecule has 4 aromatic rings. The zero-order valence-corrected chi connectivity index (χ0v) is 18.4. The van der Waals surface area contributed by atoms with Crippen molar-refractivity contribution < 1.29 is 16.8 Å². The van der Waals surface area contributed by atoms with Crippen LogP contribution >= 0.6 is 0 Å². The Labute approximate surface area is 180 Å². The van der Waals surface area contributed by atoms with E-state index in [1.807, 2.05) is 47.9 Å². The number of aryl methyl sites for hydroxylation is 1. The molecule has 2 aromatic heterocycles. The third kappa shape index (κ3) is 5.73. The van der Waals surface area contributed by atoms with Crippen molar-refractivity contribution in [2.24, 2.45) is 10.3 Å². The lowest BCUT2D eigenvalue weighted by Crippen LogP contribution is -2.11. The fourth-order valence-corrected chi connectivity index (χ4v) is 3.35. The van der Waals surface area contributed by atoms with E-state index in [4.69, 9.17) is 10.1 Å². The lowest BCUT2D eigenvalue weighted by atomic mass is 10.2. The topological polar surface area (TPSA) is 151 Å². The molecule has 0 atom stereocenters. The van der Waals surface area contributed by atoms with Crippen LogP contribution in [0.15, 0.2) is 71.8 Å². The Bertz CT molecular complexity index is 1420. The lowest BCUT2D eigenvalue weighted by Gasteiger charge is -2.09. The molecular weight excluding hydrogens is 438 g/mol. The predicted octanol–water partition coefficient (Wildman–Crippen LogP) is 1.95. The van der Waals surface area contributed by atoms with Gasteiger partial charge in [-0.2, -0.15) is 0 Å². The fourth-order valence-electron chi connectivity index (χ4n) is 2.84. The summed E-state index contributed by atoms with van der Waals surface area (Å²) in [5, 5.41) is 9.51. The zero-order chi connectivity index (χ0) is 22.8. The van der Waals surface area contributed by atoms with Gasteiger partial charge in [0, 0.05) is 17.4 Å². The fraction of sp³-hybridized carbons (Fsp3) is 0.100. The van der Waals surface area contributed by atoms with Crippen LogP contribution in [0.2, 0.25) is 0 Å². The van der Waals surface area contributed by atoms with E-state index < -0.39 is 20.0 Å². The van der Waals surface area contributed by atoms with Crippen molar-refractivity contribution >= 4 is 31.2 Å². The first kappa shape index (κ1) is 22.6. The van der Waals surface area contributed by atoms with E-state index in [0.29, 0.717) is 5.82 Å². The molecule has 0 bridgehead atoms. The van der Waals surface area contributed by atoms with E-state index in [-0.39, 0.29) is 4.90 Å². The highest BCUT2D eigenvalue weighted by Crippen LogP contribution is 2.28. The predicted molar refractivity (Wildman–Crippen MR) is 119 cm³/mol. The molecule has 4 rings (SSSR count). The van der Waals surface area contributed by atoms with Gasteiger partial charge in [-0.05, 0) is 55.5 Å². The number of hydrogen-bond donors (Lipinski definition) is 2. The van der Waals surface area contributed by atoms with Crippen LogP contribution in [-0.2, 0) is 20.0 Å². The molecule has 4 N–H and O–H groups in total. The molecule has 9 nitrogen and oxygen atoms in total. The molecule has 2 aromatic carbocycles. The molecule has 0 spiro atoms. The van der Waals surface area contributed by atoms with Crippen molar-refractivity contribution in [2.75, 3.05) is 6.26 Å². The number of rotatable bonds is 3. The molecule has 0 aliphatic heterocycles. The molecule has 0 saturated carbocycles. The van der Waals surface area contributed by atoms with Gasteiger partial charge >= 0.3 is 0 Å². The van der Waals surface area contributed by atoms with E-state index >= 15 is 0 Å². The Morgan fingerprint density at radius 1 is 0.871 bits per heavy atom. The number of fused-ring (bicyclic) bond motifs is 1. The van der Waals surface area contributed by atoms with E-state index in [2.05, 4.69) is 10.1 Å². The van der Waals surface area contributed by atoms with Crippen molar-refractivity contribution in [1.82, 2.24) is 14.5 Å². The van der Waals surface area contributed by atoms with E-state index in [0.717, 1.165) is 34.2 Å². The Kier molecular flexibility index (Phi) is 6.23. The van der Waals surface area contributed by atoms with Gasteiger partial charge in [0.05, 0.1) is 11.2 Å². The highest BCUT2D eigenvalue weighted by atomic mass is 32.2. The second-order valence-corrected chi connectivity index (χ2v) is 10.1. The molecule has 11 heteroatoms. The van der Waals surface area contributed by atoms with Crippen LogP contribution < -0.4 is 10.3 Å². The van der Waals surface area contributed by atoms with Crippen LogP contribution in [0.4, 0.5) is 0 Å². The number of hydrogen-bond acceptors (Lipinski definition) is 6. The molecule has 2 heterocycles. The Morgan fingerprint density at radius 3 is 2.00 bits per heavy atom. The van der Waals surface area contributed by atoms with Crippen molar-refractivity contribution in [1.29, 1.82) is 0 Å². The van der Waals surface area contributed by atoms with Gasteiger partial charge in [0.25, 0.3) is 0 Å². The number of pyridine rings is 1. The number of imidazole rings is 1. The number of nitrogens with two attached hydrogens (primary N) is 2. The quantitative estimate of drug-likeness (QED) is 0.478. The van der Waals surface area contributed by atoms with Crippen LogP contribution in [0.1, 0.15) is 5.56 Å². The maximum Gasteiger partial charge on any atom is 0.238 e. The normalized spacial score (nSPS) is 11.7. The highest BCUT2D eigenvalue weighted by Gasteiger charge is 2.16. The summed E-state index contributed by atoms with van der Waals surface area (Å²) in [4.78, 5) is 9.23. The monoisotopic (exact) mass is 459 g/mol. The lowest BCUT2D eigenvalue weighted by molar-refractivity contribution is 0.597. The Balaban J connectivity index is 0.000000491. The van der Waals surface area contributed by atoms with Gasteiger partial charge in [-0.1, -0.05) is 17.7 Å². The van der Waals surface area contributed by atoms with Crippen LogP contribution in [0.5, 0.6) is 0 Å². The molecule has 31 heavy (non-hydrogen) atoms. The van der Waals surface area contributed by atoms with Gasteiger partial charge in [0.1, 0.15) is 11.3 Å². The average molecular weight is 460 g/mol. The number of sulfonamides is 2. The minimum atomic E-state index is -3.73. The third-order valence-electron chi connectivity index (χ3n) is 4.15. The van der Waals surface area contributed by atoms with Crippen molar-refractivity contribution in [3.05, 3.63) is 72.4 Å². The van der Waals surface area contributed by atoms with Gasteiger partial charge in [-0.3, -0.25) is 4.57 Å². The van der Waals surface area contributed by atoms with Gasteiger partial charge in [0.2, 0.25) is 20.0 Å². The average Bonchev–Trinajstić information content (AvgIpc) is 3.06. The van der Waals surface area contributed by atoms with Crippen molar-refractivity contribution in [3.8, 4) is 17.1 Å². The second kappa shape index (κ2) is 8.55. The van der Waals surface area contributed by atoms with E-state index in [1.54, 1.807) is 18.3 Å². The second-order valence-electron chi connectivity index (χ2n) is 6.85. The summed E-state index contributed by atoms with van der Waals surface area (Å²) < 4.78 is 43.8. The summed E-state index contributed by atoms with van der Waals surface area (Å²) >= 11 is 0. The first-order valence-corrected chi connectivity index (χ1v) is 12.4. The maximum absolute atomic E-state index is 11.5. The number of benzene rings is 2. The SMILES string of the molecule is CS(N)(=O)=O.Cc1ccc(-n2c(-c3ccc(S(N)(=O)=O)cc3)nc3cccnc32)cc1. The summed E-state index contributed by atoms with van der Waals surface area (Å²) in [5.41, 5.74) is 4.36. The summed E-state index contributed by atoms with van der Waals surface area (Å²) in [6.45, 7) is 2.03. The number of aromatic nitrogens is 3. The minimum Gasteiger partial charge on any atom is -0.277 e. The van der Waals surface area contributed by atoms with E-state index in [1.165, 1.54) is 12.1 Å². The van der Waals surface area contributed by atoms with Gasteiger partial charge in [-0.25, -0.2) is 37.1 Å². The van der Waals surface area contributed by atoms with Crippen molar-refractivity contribution in [3.63, 3.8) is 0 Å². The molecule has 0 aliphatic carbocycles. The van der Waals surface area contributed by atoms with Crippen LogP contribution in [0.25, 0.3) is 28.2 Å². The molecule has 162 valence electrons. The zero-order valence-electron chi connectivity index (χ0n) is 16.8. The minimum absolute atomic E-state index is 0.0670. The Hall–Kier alpha value is -3.12.